The molecule has 1 amide bonds. The highest BCUT2D eigenvalue weighted by Gasteiger charge is 2.44. The summed E-state index contributed by atoms with van der Waals surface area (Å²) >= 11 is 0. The van der Waals surface area contributed by atoms with Gasteiger partial charge in [-0.2, -0.15) is 0 Å². The Morgan fingerprint density at radius 3 is 2.41 bits per heavy atom. The lowest BCUT2D eigenvalue weighted by molar-refractivity contribution is -0.131. The monoisotopic (exact) mass is 550 g/mol. The lowest BCUT2D eigenvalue weighted by atomic mass is 9.63. The van der Waals surface area contributed by atoms with Crippen LogP contribution in [-0.2, 0) is 36.3 Å². The molecule has 7 rings (SSSR count). The largest absolute Gasteiger partial charge is 0.478 e. The molecule has 3 aliphatic rings. The molecule has 7 heteroatoms. The van der Waals surface area contributed by atoms with Gasteiger partial charge in [0.25, 0.3) is 5.91 Å². The maximum absolute atomic E-state index is 13.8. The second-order valence-electron chi connectivity index (χ2n) is 12.6. The normalized spacial score (nSPS) is 19.5. The van der Waals surface area contributed by atoms with E-state index in [9.17, 15) is 9.59 Å². The van der Waals surface area contributed by atoms with Gasteiger partial charge in [-0.15, -0.1) is 0 Å². The number of rotatable bonds is 5. The standard InChI is InChI=1S/C34H38N4O3/c1-37-26-8-6-17-33(15-4-3-5-16-33)30(26)24-12-11-23(21-27(24)37)31(41)36-34(18-7-19-34)32-35-25-13-9-22(10-14-29(39)40)20-28(25)38(32)2/h9-14,20-21H,3-8,15-19H2,1-2H3,(H,36,41)(H,39,40)/b14-10+. The molecule has 0 unspecified atom stereocenters. The van der Waals surface area contributed by atoms with Crippen molar-refractivity contribution in [2.24, 2.45) is 14.1 Å². The maximum atomic E-state index is 13.8. The fraction of sp³-hybridized carbons (Fsp3) is 0.441. The van der Waals surface area contributed by atoms with Crippen molar-refractivity contribution in [1.82, 2.24) is 19.4 Å². The predicted molar refractivity (Wildman–Crippen MR) is 161 cm³/mol. The molecule has 0 radical (unpaired) electrons. The van der Waals surface area contributed by atoms with Crippen LogP contribution in [0.5, 0.6) is 0 Å². The second kappa shape index (κ2) is 9.61. The van der Waals surface area contributed by atoms with Crippen molar-refractivity contribution in [3.8, 4) is 0 Å². The Morgan fingerprint density at radius 2 is 1.68 bits per heavy atom. The van der Waals surface area contributed by atoms with E-state index in [1.54, 1.807) is 11.6 Å². The first-order chi connectivity index (χ1) is 19.8. The number of hydrogen-bond donors (Lipinski definition) is 2. The first-order valence-electron chi connectivity index (χ1n) is 15.1. The van der Waals surface area contributed by atoms with Crippen molar-refractivity contribution >= 4 is 39.9 Å². The Kier molecular flexibility index (Phi) is 6.10. The third-order valence-corrected chi connectivity index (χ3v) is 10.3. The van der Waals surface area contributed by atoms with E-state index in [2.05, 4.69) is 29.1 Å². The third kappa shape index (κ3) is 4.12. The van der Waals surface area contributed by atoms with Crippen LogP contribution in [0.4, 0.5) is 0 Å². The van der Waals surface area contributed by atoms with Crippen molar-refractivity contribution in [3.05, 3.63) is 70.7 Å². The van der Waals surface area contributed by atoms with Gasteiger partial charge in [-0.05, 0) is 98.2 Å². The van der Waals surface area contributed by atoms with Crippen LogP contribution in [0.15, 0.2) is 42.5 Å². The highest BCUT2D eigenvalue weighted by atomic mass is 16.4. The van der Waals surface area contributed by atoms with Crippen LogP contribution in [0.25, 0.3) is 28.0 Å². The summed E-state index contributed by atoms with van der Waals surface area (Å²) in [5.41, 5.74) is 7.25. The highest BCUT2D eigenvalue weighted by Crippen LogP contribution is 2.51. The van der Waals surface area contributed by atoms with Crippen molar-refractivity contribution < 1.29 is 14.7 Å². The van der Waals surface area contributed by atoms with Gasteiger partial charge in [0.2, 0.25) is 0 Å². The van der Waals surface area contributed by atoms with Crippen LogP contribution in [0.1, 0.15) is 97.2 Å². The molecule has 4 aromatic rings. The van der Waals surface area contributed by atoms with E-state index in [0.717, 1.165) is 54.2 Å². The fourth-order valence-corrected chi connectivity index (χ4v) is 8.09. The zero-order valence-electron chi connectivity index (χ0n) is 24.0. The minimum Gasteiger partial charge on any atom is -0.478 e. The predicted octanol–water partition coefficient (Wildman–Crippen LogP) is 6.51. The number of carboxylic acid groups (broad SMARTS) is 1. The van der Waals surface area contributed by atoms with Gasteiger partial charge in [-0.25, -0.2) is 9.78 Å². The molecule has 2 heterocycles. The third-order valence-electron chi connectivity index (χ3n) is 10.3. The quantitative estimate of drug-likeness (QED) is 0.277. The number of carbonyl (C=O) groups is 2. The van der Waals surface area contributed by atoms with Gasteiger partial charge in [-0.1, -0.05) is 31.4 Å². The zero-order chi connectivity index (χ0) is 28.4. The summed E-state index contributed by atoms with van der Waals surface area (Å²) in [5.74, 6) is -0.189. The average Bonchev–Trinajstić information content (AvgIpc) is 3.44. The Bertz CT molecular complexity index is 1730. The summed E-state index contributed by atoms with van der Waals surface area (Å²) in [7, 11) is 4.15. The number of aliphatic carboxylic acids is 1. The van der Waals surface area contributed by atoms with Crippen LogP contribution in [0, 0.1) is 0 Å². The molecular formula is C34H38N4O3. The Hall–Kier alpha value is -3.87. The first-order valence-corrected chi connectivity index (χ1v) is 15.1. The van der Waals surface area contributed by atoms with Crippen molar-refractivity contribution in [1.29, 1.82) is 0 Å². The number of imidazole rings is 1. The molecule has 2 fully saturated rings. The molecular weight excluding hydrogens is 512 g/mol. The number of carbonyl (C=O) groups excluding carboxylic acids is 1. The lowest BCUT2D eigenvalue weighted by Crippen LogP contribution is -2.52. The Labute approximate surface area is 240 Å². The van der Waals surface area contributed by atoms with Crippen molar-refractivity contribution in [2.45, 2.75) is 81.6 Å². The molecule has 212 valence electrons. The highest BCUT2D eigenvalue weighted by molar-refractivity contribution is 6.00. The van der Waals surface area contributed by atoms with Gasteiger partial charge in [0.1, 0.15) is 5.82 Å². The van der Waals surface area contributed by atoms with E-state index < -0.39 is 11.5 Å². The molecule has 0 saturated heterocycles. The Morgan fingerprint density at radius 1 is 0.902 bits per heavy atom. The van der Waals surface area contributed by atoms with Gasteiger partial charge in [0.15, 0.2) is 0 Å². The number of hydrogen-bond acceptors (Lipinski definition) is 3. The molecule has 0 atom stereocenters. The summed E-state index contributed by atoms with van der Waals surface area (Å²) in [6.07, 6.45) is 15.7. The number of fused-ring (bicyclic) bond motifs is 5. The molecule has 0 bridgehead atoms. The van der Waals surface area contributed by atoms with Gasteiger partial charge in [-0.3, -0.25) is 4.79 Å². The van der Waals surface area contributed by atoms with E-state index in [1.165, 1.54) is 61.5 Å². The molecule has 2 aromatic heterocycles. The molecule has 2 aromatic carbocycles. The minimum absolute atomic E-state index is 0.0599. The van der Waals surface area contributed by atoms with Crippen LogP contribution in [0.3, 0.4) is 0 Å². The summed E-state index contributed by atoms with van der Waals surface area (Å²) < 4.78 is 4.41. The van der Waals surface area contributed by atoms with Gasteiger partial charge in [0, 0.05) is 42.3 Å². The van der Waals surface area contributed by atoms with Crippen LogP contribution < -0.4 is 5.32 Å². The zero-order valence-corrected chi connectivity index (χ0v) is 24.0. The van der Waals surface area contributed by atoms with Crippen LogP contribution in [0.2, 0.25) is 0 Å². The Balaban J connectivity index is 1.22. The first kappa shape index (κ1) is 26.1. The number of carboxylic acids is 1. The van der Waals surface area contributed by atoms with E-state index in [0.29, 0.717) is 11.0 Å². The number of aryl methyl sites for hydroxylation is 2. The molecule has 3 aliphatic carbocycles. The summed E-state index contributed by atoms with van der Waals surface area (Å²) in [6.45, 7) is 0. The minimum atomic E-state index is -0.978. The number of aromatic nitrogens is 3. The molecule has 2 N–H and O–H groups in total. The molecule has 2 saturated carbocycles. The van der Waals surface area contributed by atoms with E-state index >= 15 is 0 Å². The molecule has 0 aliphatic heterocycles. The summed E-state index contributed by atoms with van der Waals surface area (Å²) in [4.78, 5) is 29.7. The summed E-state index contributed by atoms with van der Waals surface area (Å²) in [6, 6.07) is 12.1. The second-order valence-corrected chi connectivity index (χ2v) is 12.6. The van der Waals surface area contributed by atoms with E-state index in [-0.39, 0.29) is 5.91 Å². The number of nitrogens with one attached hydrogen (secondary N) is 1. The SMILES string of the molecule is Cn1c(C2(NC(=O)c3ccc4c5c(n(C)c4c3)CCCC53CCCCC3)CCC2)nc2ccc(/C=C/C(=O)O)cc21. The van der Waals surface area contributed by atoms with Crippen molar-refractivity contribution in [2.75, 3.05) is 0 Å². The summed E-state index contributed by atoms with van der Waals surface area (Å²) in [5, 5.41) is 13.7. The molecule has 7 nitrogen and oxygen atoms in total. The topological polar surface area (TPSA) is 89.2 Å². The molecule has 1 spiro atoms. The van der Waals surface area contributed by atoms with Crippen molar-refractivity contribution in [3.63, 3.8) is 0 Å². The maximum Gasteiger partial charge on any atom is 0.328 e. The van der Waals surface area contributed by atoms with Crippen LogP contribution >= 0.6 is 0 Å². The van der Waals surface area contributed by atoms with Crippen LogP contribution in [-0.4, -0.2) is 31.1 Å². The smallest absolute Gasteiger partial charge is 0.328 e. The van der Waals surface area contributed by atoms with Gasteiger partial charge < -0.3 is 19.6 Å². The van der Waals surface area contributed by atoms with Gasteiger partial charge in [0.05, 0.1) is 16.6 Å². The number of benzene rings is 2. The number of amides is 1. The lowest BCUT2D eigenvalue weighted by Gasteiger charge is -2.41. The van der Waals surface area contributed by atoms with E-state index in [4.69, 9.17) is 10.1 Å². The van der Waals surface area contributed by atoms with Gasteiger partial charge >= 0.3 is 5.97 Å². The van der Waals surface area contributed by atoms with E-state index in [1.807, 2.05) is 35.9 Å². The fourth-order valence-electron chi connectivity index (χ4n) is 8.09. The number of nitrogens with zero attached hydrogens (tertiary/aromatic N) is 3. The average molecular weight is 551 g/mol. The molecule has 41 heavy (non-hydrogen) atoms.